The molecule has 1 fully saturated rings. The lowest BCUT2D eigenvalue weighted by atomic mass is 9.97. The Morgan fingerprint density at radius 2 is 2.05 bits per heavy atom. The molecule has 0 radical (unpaired) electrons. The average molecular weight is 282 g/mol. The molecule has 1 aromatic carbocycles. The zero-order chi connectivity index (χ0) is 14.0. The van der Waals surface area contributed by atoms with E-state index in [1.165, 1.54) is 0 Å². The maximum atomic E-state index is 12.4. The number of rotatable bonds is 3. The summed E-state index contributed by atoms with van der Waals surface area (Å²) in [7, 11) is -3.42. The summed E-state index contributed by atoms with van der Waals surface area (Å²) < 4.78 is 27.7. The van der Waals surface area contributed by atoms with Crippen LogP contribution in [-0.2, 0) is 10.0 Å². The molecule has 1 heterocycles. The molecule has 2 atom stereocenters. The first kappa shape index (κ1) is 14.5. The molecule has 0 aliphatic carbocycles. The van der Waals surface area contributed by atoms with Crippen molar-refractivity contribution in [3.63, 3.8) is 0 Å². The summed E-state index contributed by atoms with van der Waals surface area (Å²) in [5.74, 6) is 0.314. The predicted octanol–water partition coefficient (Wildman–Crippen LogP) is 1.58. The van der Waals surface area contributed by atoms with Crippen LogP contribution in [0.1, 0.15) is 24.5 Å². The van der Waals surface area contributed by atoms with Crippen LogP contribution in [0.2, 0.25) is 0 Å². The monoisotopic (exact) mass is 282 g/mol. The van der Waals surface area contributed by atoms with Gasteiger partial charge in [-0.2, -0.15) is 0 Å². The molecule has 5 heteroatoms. The fourth-order valence-corrected chi connectivity index (χ4v) is 4.16. The fourth-order valence-electron chi connectivity index (χ4n) is 2.55. The third-order valence-corrected chi connectivity index (χ3v) is 5.36. The molecule has 1 aliphatic rings. The smallest absolute Gasteiger partial charge is 0.241 e. The Hall–Kier alpha value is -0.910. The number of hydrogen-bond donors (Lipinski definition) is 2. The number of benzene rings is 1. The van der Waals surface area contributed by atoms with Crippen LogP contribution < -0.4 is 10.0 Å². The molecule has 0 saturated carbocycles. The first-order valence-corrected chi connectivity index (χ1v) is 8.19. The normalized spacial score (nSPS) is 24.4. The van der Waals surface area contributed by atoms with Crippen LogP contribution in [0, 0.1) is 19.8 Å². The van der Waals surface area contributed by atoms with Gasteiger partial charge < -0.3 is 5.32 Å². The maximum absolute atomic E-state index is 12.4. The average Bonchev–Trinajstić information content (AvgIpc) is 2.31. The topological polar surface area (TPSA) is 58.2 Å². The van der Waals surface area contributed by atoms with Crippen LogP contribution in [0.15, 0.2) is 23.1 Å². The lowest BCUT2D eigenvalue weighted by Crippen LogP contribution is -2.48. The van der Waals surface area contributed by atoms with Gasteiger partial charge in [0, 0.05) is 6.04 Å². The number of nitrogens with one attached hydrogen (secondary N) is 2. The van der Waals surface area contributed by atoms with Gasteiger partial charge in [0.1, 0.15) is 0 Å². The van der Waals surface area contributed by atoms with E-state index in [1.807, 2.05) is 26.0 Å². The van der Waals surface area contributed by atoms with Crippen molar-refractivity contribution >= 4 is 10.0 Å². The Bertz CT molecular complexity index is 555. The van der Waals surface area contributed by atoms with E-state index in [4.69, 9.17) is 0 Å². The van der Waals surface area contributed by atoms with Crippen LogP contribution in [0.25, 0.3) is 0 Å². The summed E-state index contributed by atoms with van der Waals surface area (Å²) in [6.45, 7) is 7.60. The summed E-state index contributed by atoms with van der Waals surface area (Å²) in [5, 5.41) is 3.27. The van der Waals surface area contributed by atoms with Crippen LogP contribution >= 0.6 is 0 Å². The van der Waals surface area contributed by atoms with E-state index in [0.717, 1.165) is 30.6 Å². The second-order valence-electron chi connectivity index (χ2n) is 5.47. The van der Waals surface area contributed by atoms with Gasteiger partial charge in [-0.15, -0.1) is 0 Å². The quantitative estimate of drug-likeness (QED) is 0.885. The molecule has 0 spiro atoms. The summed E-state index contributed by atoms with van der Waals surface area (Å²) in [6.07, 6.45) is 0.839. The van der Waals surface area contributed by atoms with Crippen LogP contribution in [-0.4, -0.2) is 27.5 Å². The van der Waals surface area contributed by atoms with Gasteiger partial charge in [-0.1, -0.05) is 24.6 Å². The Morgan fingerprint density at radius 1 is 1.32 bits per heavy atom. The van der Waals surface area contributed by atoms with Gasteiger partial charge in [0.05, 0.1) is 4.90 Å². The van der Waals surface area contributed by atoms with Gasteiger partial charge in [-0.3, -0.25) is 0 Å². The molecule has 0 bridgehead atoms. The standard InChI is InChI=1S/C14H22N2O2S/c1-10-4-5-14(11(2)8-10)19(17,18)16-13-6-7-15-9-12(13)3/h4-5,8,12-13,15-16H,6-7,9H2,1-3H3/t12-,13-/m0/s1. The lowest BCUT2D eigenvalue weighted by molar-refractivity contribution is 0.328. The van der Waals surface area contributed by atoms with E-state index in [1.54, 1.807) is 6.07 Å². The first-order chi connectivity index (χ1) is 8.90. The molecule has 1 saturated heterocycles. The summed E-state index contributed by atoms with van der Waals surface area (Å²) >= 11 is 0. The molecule has 0 amide bonds. The van der Waals surface area contributed by atoms with Crippen molar-refractivity contribution in [2.75, 3.05) is 13.1 Å². The molecule has 1 aromatic rings. The highest BCUT2D eigenvalue weighted by molar-refractivity contribution is 7.89. The predicted molar refractivity (Wildman–Crippen MR) is 76.7 cm³/mol. The number of sulfonamides is 1. The SMILES string of the molecule is Cc1ccc(S(=O)(=O)N[C@H]2CCNC[C@@H]2C)c(C)c1. The number of aryl methyl sites for hydroxylation is 2. The highest BCUT2D eigenvalue weighted by atomic mass is 32.2. The van der Waals surface area contributed by atoms with E-state index in [-0.39, 0.29) is 6.04 Å². The first-order valence-electron chi connectivity index (χ1n) is 6.70. The van der Waals surface area contributed by atoms with Crippen molar-refractivity contribution in [1.82, 2.24) is 10.0 Å². The van der Waals surface area contributed by atoms with E-state index >= 15 is 0 Å². The van der Waals surface area contributed by atoms with Crippen molar-refractivity contribution in [2.24, 2.45) is 5.92 Å². The van der Waals surface area contributed by atoms with Crippen LogP contribution in [0.3, 0.4) is 0 Å². The number of hydrogen-bond acceptors (Lipinski definition) is 3. The Labute approximate surface area is 115 Å². The molecule has 2 rings (SSSR count). The molecular weight excluding hydrogens is 260 g/mol. The molecule has 2 N–H and O–H groups in total. The van der Waals surface area contributed by atoms with Crippen molar-refractivity contribution in [3.05, 3.63) is 29.3 Å². The Balaban J connectivity index is 2.22. The van der Waals surface area contributed by atoms with Crippen molar-refractivity contribution in [2.45, 2.75) is 38.1 Å². The van der Waals surface area contributed by atoms with Crippen LogP contribution in [0.5, 0.6) is 0 Å². The number of piperidine rings is 1. The van der Waals surface area contributed by atoms with Crippen LogP contribution in [0.4, 0.5) is 0 Å². The van der Waals surface area contributed by atoms with E-state index in [0.29, 0.717) is 10.8 Å². The van der Waals surface area contributed by atoms with Gasteiger partial charge in [0.25, 0.3) is 0 Å². The van der Waals surface area contributed by atoms with Crippen molar-refractivity contribution in [3.8, 4) is 0 Å². The van der Waals surface area contributed by atoms with Crippen molar-refractivity contribution in [1.29, 1.82) is 0 Å². The minimum absolute atomic E-state index is 0.0203. The molecule has 4 nitrogen and oxygen atoms in total. The largest absolute Gasteiger partial charge is 0.316 e. The van der Waals surface area contributed by atoms with E-state index < -0.39 is 10.0 Å². The van der Waals surface area contributed by atoms with E-state index in [2.05, 4.69) is 17.0 Å². The Morgan fingerprint density at radius 3 is 2.68 bits per heavy atom. The van der Waals surface area contributed by atoms with E-state index in [9.17, 15) is 8.42 Å². The van der Waals surface area contributed by atoms with Gasteiger partial charge in [0.2, 0.25) is 10.0 Å². The maximum Gasteiger partial charge on any atom is 0.241 e. The molecule has 0 aromatic heterocycles. The minimum Gasteiger partial charge on any atom is -0.316 e. The summed E-state index contributed by atoms with van der Waals surface area (Å²) in [5.41, 5.74) is 1.88. The third-order valence-electron chi connectivity index (χ3n) is 3.71. The minimum atomic E-state index is -3.42. The molecule has 106 valence electrons. The molecule has 0 unspecified atom stereocenters. The molecule has 1 aliphatic heterocycles. The highest BCUT2D eigenvalue weighted by Gasteiger charge is 2.27. The summed E-state index contributed by atoms with van der Waals surface area (Å²) in [4.78, 5) is 0.392. The second kappa shape index (κ2) is 5.61. The van der Waals surface area contributed by atoms with Crippen molar-refractivity contribution < 1.29 is 8.42 Å². The highest BCUT2D eigenvalue weighted by Crippen LogP contribution is 2.19. The lowest BCUT2D eigenvalue weighted by Gasteiger charge is -2.30. The Kier molecular flexibility index (Phi) is 4.28. The van der Waals surface area contributed by atoms with Gasteiger partial charge in [-0.25, -0.2) is 13.1 Å². The van der Waals surface area contributed by atoms with Gasteiger partial charge in [-0.05, 0) is 50.9 Å². The zero-order valence-corrected chi connectivity index (χ0v) is 12.5. The second-order valence-corrected chi connectivity index (χ2v) is 7.15. The fraction of sp³-hybridized carbons (Fsp3) is 0.571. The molecule has 19 heavy (non-hydrogen) atoms. The summed E-state index contributed by atoms with van der Waals surface area (Å²) in [6, 6.07) is 5.46. The van der Waals surface area contributed by atoms with Gasteiger partial charge in [0.15, 0.2) is 0 Å². The molecular formula is C14H22N2O2S. The zero-order valence-electron chi connectivity index (χ0n) is 11.7. The third kappa shape index (κ3) is 3.35. The van der Waals surface area contributed by atoms with Gasteiger partial charge >= 0.3 is 0 Å².